The van der Waals surface area contributed by atoms with Gasteiger partial charge in [-0.3, -0.25) is 20.2 Å². The zero-order valence-corrected chi connectivity index (χ0v) is 19.5. The summed E-state index contributed by atoms with van der Waals surface area (Å²) in [5, 5.41) is 12.1. The maximum absolute atomic E-state index is 12.3. The Balaban J connectivity index is 1.62. The number of hydrogen-bond donors (Lipinski definition) is 4. The maximum atomic E-state index is 12.3. The lowest BCUT2D eigenvalue weighted by Crippen LogP contribution is -2.36. The third-order valence-corrected chi connectivity index (χ3v) is 4.93. The summed E-state index contributed by atoms with van der Waals surface area (Å²) in [5.74, 6) is -0.806. The number of nitrogens with one attached hydrogen (secondary N) is 4. The molecule has 0 unspecified atom stereocenters. The van der Waals surface area contributed by atoms with E-state index in [9.17, 15) is 9.59 Å². The lowest BCUT2D eigenvalue weighted by Gasteiger charge is -2.16. The summed E-state index contributed by atoms with van der Waals surface area (Å²) >= 11 is 22.3. The molecule has 0 radical (unpaired) electrons. The van der Waals surface area contributed by atoms with Crippen molar-refractivity contribution in [3.8, 4) is 0 Å². The second kappa shape index (κ2) is 11.0. The van der Waals surface area contributed by atoms with Crippen LogP contribution in [0.1, 0.15) is 20.7 Å². The minimum atomic E-state index is -0.403. The van der Waals surface area contributed by atoms with Crippen molar-refractivity contribution >= 4 is 81.1 Å². The molecule has 2 amide bonds. The number of halogens is 2. The molecule has 0 aromatic heterocycles. The number of para-hydroxylation sites is 2. The predicted octanol–water partition coefficient (Wildman–Crippen LogP) is 5.25. The van der Waals surface area contributed by atoms with Crippen LogP contribution in [0, 0.1) is 0 Å². The van der Waals surface area contributed by atoms with E-state index >= 15 is 0 Å². The topological polar surface area (TPSA) is 82.3 Å². The second-order valence-corrected chi connectivity index (χ2v) is 8.07. The average Bonchev–Trinajstić information content (AvgIpc) is 2.75. The molecule has 3 aromatic carbocycles. The number of rotatable bonds is 4. The highest BCUT2D eigenvalue weighted by Crippen LogP contribution is 2.21. The van der Waals surface area contributed by atoms with Crippen LogP contribution in [-0.2, 0) is 0 Å². The van der Waals surface area contributed by atoms with Gasteiger partial charge in [-0.1, -0.05) is 47.5 Å². The Morgan fingerprint density at radius 2 is 1.03 bits per heavy atom. The fourth-order valence-electron chi connectivity index (χ4n) is 2.62. The molecule has 0 heterocycles. The molecule has 0 saturated carbocycles. The summed E-state index contributed by atoms with van der Waals surface area (Å²) in [5.41, 5.74) is 1.84. The highest BCUT2D eigenvalue weighted by atomic mass is 35.5. The van der Waals surface area contributed by atoms with Crippen molar-refractivity contribution in [3.05, 3.63) is 94.0 Å². The van der Waals surface area contributed by atoms with Gasteiger partial charge in [-0.25, -0.2) is 0 Å². The minimum absolute atomic E-state index is 0.0816. The molecule has 0 bridgehead atoms. The number of carbonyl (C=O) groups excluding carboxylic acids is 2. The first-order valence-electron chi connectivity index (χ1n) is 9.16. The largest absolute Gasteiger partial charge is 0.331 e. The van der Waals surface area contributed by atoms with Gasteiger partial charge in [0.15, 0.2) is 10.2 Å². The van der Waals surface area contributed by atoms with E-state index in [1.165, 1.54) is 12.1 Å². The van der Waals surface area contributed by atoms with E-state index in [0.717, 1.165) is 0 Å². The van der Waals surface area contributed by atoms with Gasteiger partial charge in [-0.05, 0) is 73.0 Å². The Bertz CT molecular complexity index is 1110. The van der Waals surface area contributed by atoms with Gasteiger partial charge in [0, 0.05) is 21.2 Å². The molecule has 32 heavy (non-hydrogen) atoms. The van der Waals surface area contributed by atoms with Crippen LogP contribution >= 0.6 is 47.6 Å². The molecular weight excluding hydrogens is 487 g/mol. The van der Waals surface area contributed by atoms with E-state index in [4.69, 9.17) is 47.6 Å². The van der Waals surface area contributed by atoms with Crippen LogP contribution in [0.4, 0.5) is 11.4 Å². The van der Waals surface area contributed by atoms with E-state index in [0.29, 0.717) is 32.5 Å². The Labute approximate surface area is 205 Å². The Hall–Kier alpha value is -3.04. The van der Waals surface area contributed by atoms with Gasteiger partial charge >= 0.3 is 0 Å². The van der Waals surface area contributed by atoms with Crippen molar-refractivity contribution in [1.29, 1.82) is 0 Å². The van der Waals surface area contributed by atoms with E-state index in [1.54, 1.807) is 60.7 Å². The summed E-state index contributed by atoms with van der Waals surface area (Å²) in [7, 11) is 0. The van der Waals surface area contributed by atoms with Gasteiger partial charge in [0.2, 0.25) is 0 Å². The second-order valence-electron chi connectivity index (χ2n) is 6.38. The van der Waals surface area contributed by atoms with E-state index < -0.39 is 11.8 Å². The van der Waals surface area contributed by atoms with Crippen molar-refractivity contribution in [2.75, 3.05) is 10.6 Å². The molecule has 6 nitrogen and oxygen atoms in total. The smallest absolute Gasteiger partial charge is 0.257 e. The number of thiocarbonyl (C=S) groups is 2. The van der Waals surface area contributed by atoms with Crippen LogP contribution in [0.3, 0.4) is 0 Å². The number of benzene rings is 3. The Morgan fingerprint density at radius 3 is 1.41 bits per heavy atom. The predicted molar refractivity (Wildman–Crippen MR) is 137 cm³/mol. The van der Waals surface area contributed by atoms with Gasteiger partial charge in [0.05, 0.1) is 11.4 Å². The molecule has 0 saturated heterocycles. The third-order valence-electron chi connectivity index (χ3n) is 4.05. The number of hydrogen-bond acceptors (Lipinski definition) is 4. The van der Waals surface area contributed by atoms with Gasteiger partial charge < -0.3 is 10.6 Å². The van der Waals surface area contributed by atoms with E-state index in [2.05, 4.69) is 21.3 Å². The molecule has 162 valence electrons. The zero-order chi connectivity index (χ0) is 23.1. The van der Waals surface area contributed by atoms with Crippen LogP contribution in [0.2, 0.25) is 10.0 Å². The van der Waals surface area contributed by atoms with Crippen LogP contribution < -0.4 is 21.3 Å². The molecule has 0 atom stereocenters. The molecule has 0 fully saturated rings. The van der Waals surface area contributed by atoms with E-state index in [1.807, 2.05) is 0 Å². The SMILES string of the molecule is O=C(NC(=S)Nc1ccccc1NC(=S)NC(=O)c1cccc(Cl)c1)c1cccc(Cl)c1. The van der Waals surface area contributed by atoms with Gasteiger partial charge in [0.1, 0.15) is 0 Å². The standard InChI is InChI=1S/C22H16Cl2N4O2S2/c23-15-7-3-5-13(11-15)19(29)27-21(31)25-17-9-1-2-10-18(17)26-22(32)28-20(30)14-6-4-8-16(24)12-14/h1-12H,(H2,25,27,29,31)(H2,26,28,30,32). The fraction of sp³-hybridized carbons (Fsp3) is 0. The first kappa shape index (κ1) is 23.6. The maximum Gasteiger partial charge on any atom is 0.257 e. The minimum Gasteiger partial charge on any atom is -0.331 e. The number of carbonyl (C=O) groups is 2. The van der Waals surface area contributed by atoms with Crippen molar-refractivity contribution in [2.24, 2.45) is 0 Å². The molecule has 3 aromatic rings. The lowest BCUT2D eigenvalue weighted by molar-refractivity contribution is 0.0969. The summed E-state index contributed by atoms with van der Waals surface area (Å²) in [6.07, 6.45) is 0. The highest BCUT2D eigenvalue weighted by Gasteiger charge is 2.12. The molecule has 0 spiro atoms. The fourth-order valence-corrected chi connectivity index (χ4v) is 3.40. The van der Waals surface area contributed by atoms with Crippen molar-refractivity contribution < 1.29 is 9.59 Å². The normalized spacial score (nSPS) is 10.1. The zero-order valence-electron chi connectivity index (χ0n) is 16.3. The molecule has 10 heteroatoms. The number of anilines is 2. The van der Waals surface area contributed by atoms with Gasteiger partial charge in [-0.2, -0.15) is 0 Å². The monoisotopic (exact) mass is 502 g/mol. The van der Waals surface area contributed by atoms with Gasteiger partial charge in [-0.15, -0.1) is 0 Å². The molecule has 0 aliphatic heterocycles. The van der Waals surface area contributed by atoms with Crippen molar-refractivity contribution in [2.45, 2.75) is 0 Å². The average molecular weight is 503 g/mol. The number of amides is 2. The van der Waals surface area contributed by atoms with E-state index in [-0.39, 0.29) is 10.2 Å². The first-order valence-corrected chi connectivity index (χ1v) is 10.7. The van der Waals surface area contributed by atoms with Gasteiger partial charge in [0.25, 0.3) is 11.8 Å². The molecule has 4 N–H and O–H groups in total. The van der Waals surface area contributed by atoms with Crippen molar-refractivity contribution in [1.82, 2.24) is 10.6 Å². The summed E-state index contributed by atoms with van der Waals surface area (Å²) in [6.45, 7) is 0. The summed E-state index contributed by atoms with van der Waals surface area (Å²) in [6, 6.07) is 20.0. The Kier molecular flexibility index (Phi) is 8.13. The van der Waals surface area contributed by atoms with Crippen molar-refractivity contribution in [3.63, 3.8) is 0 Å². The summed E-state index contributed by atoms with van der Waals surface area (Å²) < 4.78 is 0. The van der Waals surface area contributed by atoms with Crippen LogP contribution in [0.15, 0.2) is 72.8 Å². The molecule has 3 rings (SSSR count). The first-order chi connectivity index (χ1) is 15.3. The quantitative estimate of drug-likeness (QED) is 0.365. The van der Waals surface area contributed by atoms with Crippen LogP contribution in [0.25, 0.3) is 0 Å². The molecule has 0 aliphatic carbocycles. The molecule has 0 aliphatic rings. The molecular formula is C22H16Cl2N4O2S2. The highest BCUT2D eigenvalue weighted by molar-refractivity contribution is 7.80. The lowest BCUT2D eigenvalue weighted by atomic mass is 10.2. The third kappa shape index (κ3) is 6.73. The van der Waals surface area contributed by atoms with Crippen LogP contribution in [0.5, 0.6) is 0 Å². The summed E-state index contributed by atoms with van der Waals surface area (Å²) in [4.78, 5) is 24.7. The van der Waals surface area contributed by atoms with Crippen LogP contribution in [-0.4, -0.2) is 22.0 Å². The Morgan fingerprint density at radius 1 is 0.625 bits per heavy atom.